The number of amides is 3. The van der Waals surface area contributed by atoms with Gasteiger partial charge in [0, 0.05) is 36.8 Å². The highest BCUT2D eigenvalue weighted by molar-refractivity contribution is 5.95. The van der Waals surface area contributed by atoms with Crippen molar-refractivity contribution in [3.8, 4) is 6.07 Å². The van der Waals surface area contributed by atoms with E-state index in [4.69, 9.17) is 0 Å². The highest BCUT2D eigenvalue weighted by atomic mass is 16.2. The predicted molar refractivity (Wildman–Crippen MR) is 167 cm³/mol. The molecular weight excluding hydrogens is 570 g/mol. The fourth-order valence-electron chi connectivity index (χ4n) is 6.83. The number of aromatic amines is 1. The molecule has 236 valence electrons. The summed E-state index contributed by atoms with van der Waals surface area (Å²) in [5.74, 6) is 0.167. The predicted octanol–water partition coefficient (Wildman–Crippen LogP) is 2.40. The second-order valence-corrected chi connectivity index (χ2v) is 11.7. The van der Waals surface area contributed by atoms with Gasteiger partial charge in [-0.25, -0.2) is 5.10 Å². The van der Waals surface area contributed by atoms with Crippen molar-refractivity contribution < 1.29 is 14.4 Å². The van der Waals surface area contributed by atoms with E-state index >= 15 is 0 Å². The van der Waals surface area contributed by atoms with Crippen LogP contribution in [-0.4, -0.2) is 81.5 Å². The Balaban J connectivity index is 1.61. The SMILES string of the molecule is CCNC(=O)c1ccc2c(c1)CCc1cc(C(=O)NCC)ccc1C2(C[C@H](CC)NCC(=O)N1CCC[C@H]1C#N)c1nnn[nH]1. The van der Waals surface area contributed by atoms with E-state index in [1.165, 1.54) is 0 Å². The maximum Gasteiger partial charge on any atom is 0.251 e. The Morgan fingerprint density at radius 3 is 2.16 bits per heavy atom. The number of carbonyl (C=O) groups is 3. The Labute approximate surface area is 263 Å². The van der Waals surface area contributed by atoms with Gasteiger partial charge in [-0.05, 0) is 109 Å². The molecule has 45 heavy (non-hydrogen) atoms. The number of rotatable bonds is 11. The average Bonchev–Trinajstić information content (AvgIpc) is 3.75. The van der Waals surface area contributed by atoms with Gasteiger partial charge in [0.2, 0.25) is 5.91 Å². The number of aryl methyl sites for hydroxylation is 2. The number of nitriles is 1. The van der Waals surface area contributed by atoms with Crippen molar-refractivity contribution in [2.75, 3.05) is 26.2 Å². The maximum absolute atomic E-state index is 13.2. The zero-order valence-corrected chi connectivity index (χ0v) is 26.2. The molecule has 1 aliphatic heterocycles. The lowest BCUT2D eigenvalue weighted by atomic mass is 9.67. The Hall–Kier alpha value is -4.63. The number of carbonyl (C=O) groups excluding carboxylic acids is 3. The summed E-state index contributed by atoms with van der Waals surface area (Å²) in [5.41, 5.74) is 4.18. The summed E-state index contributed by atoms with van der Waals surface area (Å²) >= 11 is 0. The zero-order valence-electron chi connectivity index (χ0n) is 26.2. The molecule has 12 heteroatoms. The first-order valence-corrected chi connectivity index (χ1v) is 15.9. The quantitative estimate of drug-likeness (QED) is 0.256. The number of aromatic nitrogens is 4. The van der Waals surface area contributed by atoms with Crippen LogP contribution in [0, 0.1) is 11.3 Å². The molecule has 0 bridgehead atoms. The molecule has 2 aliphatic rings. The minimum atomic E-state index is -0.885. The number of likely N-dealkylation sites (tertiary alicyclic amines) is 1. The normalized spacial score (nSPS) is 17.4. The van der Waals surface area contributed by atoms with E-state index in [2.05, 4.69) is 49.6 Å². The molecule has 2 aromatic carbocycles. The molecule has 3 aromatic rings. The molecule has 1 saturated heterocycles. The molecule has 0 unspecified atom stereocenters. The number of H-pyrrole nitrogens is 1. The van der Waals surface area contributed by atoms with Crippen LogP contribution < -0.4 is 16.0 Å². The minimum absolute atomic E-state index is 0.0901. The highest BCUT2D eigenvalue weighted by Crippen LogP contribution is 2.47. The summed E-state index contributed by atoms with van der Waals surface area (Å²) in [6.45, 7) is 7.58. The summed E-state index contributed by atoms with van der Waals surface area (Å²) in [4.78, 5) is 40.6. The molecule has 1 aliphatic carbocycles. The van der Waals surface area contributed by atoms with Gasteiger partial charge in [0.25, 0.3) is 11.8 Å². The Morgan fingerprint density at radius 1 is 1.02 bits per heavy atom. The molecule has 2 heterocycles. The molecule has 1 fully saturated rings. The largest absolute Gasteiger partial charge is 0.352 e. The van der Waals surface area contributed by atoms with Crippen molar-refractivity contribution in [3.05, 3.63) is 75.6 Å². The van der Waals surface area contributed by atoms with Crippen LogP contribution in [0.5, 0.6) is 0 Å². The number of nitrogens with zero attached hydrogens (tertiary/aromatic N) is 5. The van der Waals surface area contributed by atoms with Crippen LogP contribution in [0.3, 0.4) is 0 Å². The van der Waals surface area contributed by atoms with Crippen LogP contribution in [0.15, 0.2) is 36.4 Å². The zero-order chi connectivity index (χ0) is 32.0. The number of fused-ring (bicyclic) bond motifs is 2. The van der Waals surface area contributed by atoms with E-state index in [9.17, 15) is 19.6 Å². The van der Waals surface area contributed by atoms with Gasteiger partial charge >= 0.3 is 0 Å². The van der Waals surface area contributed by atoms with Crippen LogP contribution in [0.25, 0.3) is 0 Å². The summed E-state index contributed by atoms with van der Waals surface area (Å²) in [5, 5.41) is 34.3. The Morgan fingerprint density at radius 2 is 1.64 bits per heavy atom. The number of tetrazole rings is 1. The van der Waals surface area contributed by atoms with E-state index in [0.29, 0.717) is 68.7 Å². The summed E-state index contributed by atoms with van der Waals surface area (Å²) in [6.07, 6.45) is 4.02. The monoisotopic (exact) mass is 611 g/mol. The number of benzene rings is 2. The fraction of sp³-hybridized carbons (Fsp3) is 0.485. The first kappa shape index (κ1) is 31.8. The van der Waals surface area contributed by atoms with E-state index in [1.54, 1.807) is 4.90 Å². The smallest absolute Gasteiger partial charge is 0.251 e. The molecule has 1 aromatic heterocycles. The second kappa shape index (κ2) is 14.0. The molecule has 3 amide bonds. The lowest BCUT2D eigenvalue weighted by Gasteiger charge is -2.37. The Bertz CT molecular complexity index is 1510. The molecule has 4 N–H and O–H groups in total. The first-order chi connectivity index (χ1) is 21.9. The third kappa shape index (κ3) is 6.31. The summed E-state index contributed by atoms with van der Waals surface area (Å²) in [7, 11) is 0. The van der Waals surface area contributed by atoms with Gasteiger partial charge < -0.3 is 20.9 Å². The number of hydrogen-bond acceptors (Lipinski definition) is 8. The Kier molecular flexibility index (Phi) is 9.88. The van der Waals surface area contributed by atoms with Crippen molar-refractivity contribution in [1.29, 1.82) is 5.26 Å². The lowest BCUT2D eigenvalue weighted by molar-refractivity contribution is -0.130. The van der Waals surface area contributed by atoms with E-state index in [-0.39, 0.29) is 36.3 Å². The molecule has 5 rings (SSSR count). The van der Waals surface area contributed by atoms with Crippen LogP contribution in [-0.2, 0) is 23.1 Å². The van der Waals surface area contributed by atoms with Gasteiger partial charge in [-0.2, -0.15) is 5.26 Å². The van der Waals surface area contributed by atoms with Gasteiger partial charge in [-0.1, -0.05) is 19.1 Å². The molecule has 0 spiro atoms. The molecule has 0 saturated carbocycles. The molecule has 0 radical (unpaired) electrons. The topological polar surface area (TPSA) is 169 Å². The van der Waals surface area contributed by atoms with Gasteiger partial charge in [-0.15, -0.1) is 5.10 Å². The van der Waals surface area contributed by atoms with E-state index in [1.807, 2.05) is 50.2 Å². The van der Waals surface area contributed by atoms with Crippen LogP contribution in [0.1, 0.15) is 95.2 Å². The minimum Gasteiger partial charge on any atom is -0.352 e. The molecule has 2 atom stereocenters. The number of hydrogen-bond donors (Lipinski definition) is 4. The third-order valence-corrected chi connectivity index (χ3v) is 9.05. The van der Waals surface area contributed by atoms with Gasteiger partial charge in [0.1, 0.15) is 6.04 Å². The fourth-order valence-corrected chi connectivity index (χ4v) is 6.83. The lowest BCUT2D eigenvalue weighted by Crippen LogP contribution is -2.46. The highest BCUT2D eigenvalue weighted by Gasteiger charge is 2.45. The van der Waals surface area contributed by atoms with Gasteiger partial charge in [-0.3, -0.25) is 14.4 Å². The van der Waals surface area contributed by atoms with Gasteiger partial charge in [0.05, 0.1) is 18.0 Å². The van der Waals surface area contributed by atoms with Crippen molar-refractivity contribution >= 4 is 17.7 Å². The van der Waals surface area contributed by atoms with Crippen molar-refractivity contribution in [3.63, 3.8) is 0 Å². The van der Waals surface area contributed by atoms with Crippen LogP contribution in [0.2, 0.25) is 0 Å². The van der Waals surface area contributed by atoms with Crippen molar-refractivity contribution in [1.82, 2.24) is 41.5 Å². The van der Waals surface area contributed by atoms with Crippen molar-refractivity contribution in [2.24, 2.45) is 0 Å². The summed E-state index contributed by atoms with van der Waals surface area (Å²) < 4.78 is 0. The average molecular weight is 612 g/mol. The first-order valence-electron chi connectivity index (χ1n) is 15.9. The molecule has 12 nitrogen and oxygen atoms in total. The van der Waals surface area contributed by atoms with Gasteiger partial charge in [0.15, 0.2) is 5.82 Å². The van der Waals surface area contributed by atoms with Crippen LogP contribution in [0.4, 0.5) is 0 Å². The molecular formula is C33H41N9O3. The van der Waals surface area contributed by atoms with E-state index < -0.39 is 5.41 Å². The van der Waals surface area contributed by atoms with Crippen LogP contribution >= 0.6 is 0 Å². The second-order valence-electron chi connectivity index (χ2n) is 11.7. The summed E-state index contributed by atoms with van der Waals surface area (Å²) in [6, 6.07) is 13.3. The number of nitrogens with one attached hydrogen (secondary N) is 4. The van der Waals surface area contributed by atoms with Crippen molar-refractivity contribution in [2.45, 2.75) is 76.8 Å². The standard InChI is InChI=1S/C33H41N9O3/c1-4-25(37-20-29(43)42-15-7-8-26(42)19-34)18-33(32-38-40-41-39-32)27-13-11-23(30(44)35-5-2)16-21(27)9-10-22-17-24(12-14-28(22)33)31(45)36-6-3/h11-14,16-17,25-26,37H,4-10,15,18,20H2,1-3H3,(H,35,44)(H,36,45)(H,38,39,40,41)/t25-,26-/m0/s1. The third-order valence-electron chi connectivity index (χ3n) is 9.05. The van der Waals surface area contributed by atoms with E-state index in [0.717, 1.165) is 28.7 Å². The maximum atomic E-state index is 13.2.